The van der Waals surface area contributed by atoms with E-state index >= 15 is 0 Å². The summed E-state index contributed by atoms with van der Waals surface area (Å²) < 4.78 is 0. The third-order valence-electron chi connectivity index (χ3n) is 4.96. The number of rotatable bonds is 16. The number of aliphatic hydroxyl groups is 8. The number of carboxylic acid groups (broad SMARTS) is 1. The monoisotopic (exact) mass is 412 g/mol. The standard InChI is InChI=1S/C18H36O10/c1-2-3-4-5-6-7-8-9-10-11-12-13-15(21,22)17(25,26)18(27,28)16(23,24)14(19)20/h21-28H,2-13H2,1H3,(H,19,20). The Morgan fingerprint density at radius 3 is 1.32 bits per heavy atom. The Labute approximate surface area is 164 Å². The summed E-state index contributed by atoms with van der Waals surface area (Å²) in [6.07, 6.45) is 9.55. The van der Waals surface area contributed by atoms with Gasteiger partial charge < -0.3 is 46.0 Å². The minimum absolute atomic E-state index is 0.0411. The summed E-state index contributed by atoms with van der Waals surface area (Å²) >= 11 is 0. The molecule has 0 atom stereocenters. The van der Waals surface area contributed by atoms with E-state index in [-0.39, 0.29) is 6.42 Å². The fourth-order valence-electron chi connectivity index (χ4n) is 2.88. The molecule has 10 nitrogen and oxygen atoms in total. The van der Waals surface area contributed by atoms with Gasteiger partial charge in [0.2, 0.25) is 5.79 Å². The third-order valence-corrected chi connectivity index (χ3v) is 4.96. The average molecular weight is 412 g/mol. The molecule has 0 heterocycles. The van der Waals surface area contributed by atoms with Crippen LogP contribution in [-0.2, 0) is 4.79 Å². The topological polar surface area (TPSA) is 199 Å². The summed E-state index contributed by atoms with van der Waals surface area (Å²) in [6, 6.07) is 0. The highest BCUT2D eigenvalue weighted by Crippen LogP contribution is 2.37. The molecule has 0 saturated heterocycles. The van der Waals surface area contributed by atoms with Crippen LogP contribution in [0.25, 0.3) is 0 Å². The predicted octanol–water partition coefficient (Wildman–Crippen LogP) is -0.504. The molecule has 0 saturated carbocycles. The van der Waals surface area contributed by atoms with Gasteiger partial charge in [-0.05, 0) is 6.42 Å². The molecule has 0 radical (unpaired) electrons. The number of hydrogen-bond donors (Lipinski definition) is 9. The maximum atomic E-state index is 10.7. The Balaban J connectivity index is 4.37. The minimum Gasteiger partial charge on any atom is -0.477 e. The molecule has 0 aromatic heterocycles. The van der Waals surface area contributed by atoms with Gasteiger partial charge in [-0.1, -0.05) is 71.1 Å². The van der Waals surface area contributed by atoms with Gasteiger partial charge in [0.15, 0.2) is 0 Å². The molecule has 0 spiro atoms. The molecule has 0 fully saturated rings. The lowest BCUT2D eigenvalue weighted by atomic mass is 9.86. The number of carboxylic acids is 1. The molecule has 0 amide bonds. The molecular formula is C18H36O10. The van der Waals surface area contributed by atoms with Gasteiger partial charge in [0.05, 0.1) is 0 Å². The van der Waals surface area contributed by atoms with E-state index in [1.54, 1.807) is 0 Å². The highest BCUT2D eigenvalue weighted by Gasteiger charge is 2.72. The number of hydrogen-bond acceptors (Lipinski definition) is 9. The van der Waals surface area contributed by atoms with E-state index in [1.165, 1.54) is 25.7 Å². The highest BCUT2D eigenvalue weighted by molar-refractivity contribution is 5.76. The van der Waals surface area contributed by atoms with Crippen LogP contribution in [0.2, 0.25) is 0 Å². The average Bonchev–Trinajstić information content (AvgIpc) is 2.58. The first-order chi connectivity index (χ1) is 12.8. The van der Waals surface area contributed by atoms with Crippen LogP contribution in [-0.4, -0.2) is 75.1 Å². The van der Waals surface area contributed by atoms with Crippen molar-refractivity contribution in [1.29, 1.82) is 0 Å². The largest absolute Gasteiger partial charge is 0.477 e. The predicted molar refractivity (Wildman–Crippen MR) is 97.4 cm³/mol. The molecule has 0 unspecified atom stereocenters. The first kappa shape index (κ1) is 27.1. The lowest BCUT2D eigenvalue weighted by Crippen LogP contribution is -2.78. The van der Waals surface area contributed by atoms with Crippen molar-refractivity contribution in [3.8, 4) is 0 Å². The summed E-state index contributed by atoms with van der Waals surface area (Å²) in [5.41, 5.74) is 0. The first-order valence-electron chi connectivity index (χ1n) is 9.78. The Morgan fingerprint density at radius 1 is 0.607 bits per heavy atom. The Kier molecular flexibility index (Phi) is 11.0. The fraction of sp³-hybridized carbons (Fsp3) is 0.944. The van der Waals surface area contributed by atoms with E-state index in [9.17, 15) is 45.6 Å². The van der Waals surface area contributed by atoms with Crippen LogP contribution in [0.15, 0.2) is 0 Å². The Morgan fingerprint density at radius 2 is 0.964 bits per heavy atom. The zero-order valence-corrected chi connectivity index (χ0v) is 16.4. The number of aliphatic carboxylic acids is 1. The molecule has 0 aliphatic rings. The molecule has 10 heteroatoms. The lowest BCUT2D eigenvalue weighted by molar-refractivity contribution is -0.498. The molecule has 0 rings (SSSR count). The van der Waals surface area contributed by atoms with Crippen LogP contribution in [0.5, 0.6) is 0 Å². The summed E-state index contributed by atoms with van der Waals surface area (Å²) in [7, 11) is 0. The number of unbranched alkanes of at least 4 members (excludes halogenated alkanes) is 10. The molecule has 9 N–H and O–H groups in total. The van der Waals surface area contributed by atoms with E-state index in [2.05, 4.69) is 6.92 Å². The van der Waals surface area contributed by atoms with Gasteiger partial charge in [0.1, 0.15) is 0 Å². The van der Waals surface area contributed by atoms with Gasteiger partial charge in [0.25, 0.3) is 11.6 Å². The van der Waals surface area contributed by atoms with E-state index in [0.717, 1.165) is 32.1 Å². The summed E-state index contributed by atoms with van der Waals surface area (Å²) in [6.45, 7) is 2.16. The second kappa shape index (κ2) is 11.4. The van der Waals surface area contributed by atoms with Gasteiger partial charge in [-0.15, -0.1) is 0 Å². The van der Waals surface area contributed by atoms with Crippen LogP contribution in [0.4, 0.5) is 0 Å². The van der Waals surface area contributed by atoms with E-state index < -0.39 is 35.5 Å². The molecule has 0 aromatic rings. The Bertz CT molecular complexity index is 459. The zero-order chi connectivity index (χ0) is 22.1. The smallest absolute Gasteiger partial charge is 0.370 e. The van der Waals surface area contributed by atoms with Crippen LogP contribution >= 0.6 is 0 Å². The normalized spacial score (nSPS) is 13.8. The third kappa shape index (κ3) is 6.89. The SMILES string of the molecule is CCCCCCCCCCCCCC(O)(O)C(O)(O)C(O)(O)C(O)(O)C(=O)O. The van der Waals surface area contributed by atoms with Gasteiger partial charge in [-0.3, -0.25) is 0 Å². The van der Waals surface area contributed by atoms with Crippen LogP contribution in [0, 0.1) is 0 Å². The van der Waals surface area contributed by atoms with Crippen molar-refractivity contribution in [2.24, 2.45) is 0 Å². The van der Waals surface area contributed by atoms with Crippen molar-refractivity contribution in [2.45, 2.75) is 107 Å². The van der Waals surface area contributed by atoms with Crippen molar-refractivity contribution in [2.75, 3.05) is 0 Å². The van der Waals surface area contributed by atoms with Gasteiger partial charge in [-0.25, -0.2) is 4.79 Å². The molecule has 168 valence electrons. The van der Waals surface area contributed by atoms with Crippen molar-refractivity contribution in [3.63, 3.8) is 0 Å². The van der Waals surface area contributed by atoms with Gasteiger partial charge in [0, 0.05) is 6.42 Å². The van der Waals surface area contributed by atoms with Crippen molar-refractivity contribution >= 4 is 5.97 Å². The van der Waals surface area contributed by atoms with Crippen molar-refractivity contribution < 1.29 is 50.8 Å². The van der Waals surface area contributed by atoms with Crippen molar-refractivity contribution in [3.05, 3.63) is 0 Å². The molecule has 0 bridgehead atoms. The van der Waals surface area contributed by atoms with E-state index in [0.29, 0.717) is 6.42 Å². The fourth-order valence-corrected chi connectivity index (χ4v) is 2.88. The summed E-state index contributed by atoms with van der Waals surface area (Å²) in [5, 5.41) is 84.9. The first-order valence-corrected chi connectivity index (χ1v) is 9.78. The zero-order valence-electron chi connectivity index (χ0n) is 16.4. The molecule has 0 aliphatic carbocycles. The highest BCUT2D eigenvalue weighted by atomic mass is 16.7. The molecule has 28 heavy (non-hydrogen) atoms. The van der Waals surface area contributed by atoms with Crippen LogP contribution < -0.4 is 0 Å². The van der Waals surface area contributed by atoms with Gasteiger partial charge in [-0.2, -0.15) is 0 Å². The second-order valence-electron chi connectivity index (χ2n) is 7.42. The van der Waals surface area contributed by atoms with Gasteiger partial charge >= 0.3 is 11.8 Å². The quantitative estimate of drug-likeness (QED) is 0.117. The summed E-state index contributed by atoms with van der Waals surface area (Å²) in [5.74, 6) is -19.7. The maximum Gasteiger partial charge on any atom is 0.370 e. The molecule has 0 aliphatic heterocycles. The van der Waals surface area contributed by atoms with Crippen LogP contribution in [0.3, 0.4) is 0 Å². The Hall–Kier alpha value is -0.850. The minimum atomic E-state index is -4.59. The van der Waals surface area contributed by atoms with Crippen LogP contribution in [0.1, 0.15) is 84.0 Å². The number of carbonyl (C=O) groups is 1. The van der Waals surface area contributed by atoms with Crippen molar-refractivity contribution in [1.82, 2.24) is 0 Å². The molecular weight excluding hydrogens is 376 g/mol. The lowest BCUT2D eigenvalue weighted by Gasteiger charge is -2.45. The van der Waals surface area contributed by atoms with E-state index in [1.807, 2.05) is 0 Å². The maximum absolute atomic E-state index is 10.7. The second-order valence-corrected chi connectivity index (χ2v) is 7.42. The summed E-state index contributed by atoms with van der Waals surface area (Å²) in [4.78, 5) is 10.7. The molecule has 0 aromatic carbocycles. The van der Waals surface area contributed by atoms with E-state index in [4.69, 9.17) is 5.11 Å².